The summed E-state index contributed by atoms with van der Waals surface area (Å²) in [7, 11) is 4.80. The molecule has 0 aliphatic carbocycles. The number of hydrogen-bond acceptors (Lipinski definition) is 3. The molecule has 1 rings (SSSR count). The van der Waals surface area contributed by atoms with Crippen molar-refractivity contribution in [3.63, 3.8) is 0 Å². The van der Waals surface area contributed by atoms with Crippen molar-refractivity contribution in [2.45, 2.75) is 6.61 Å². The highest BCUT2D eigenvalue weighted by Crippen LogP contribution is 2.24. The number of phenolic OH excluding ortho intramolecular Hbond substituents is 2. The fraction of sp³-hybridized carbons (Fsp3) is 0.143. The van der Waals surface area contributed by atoms with E-state index in [1.165, 1.54) is 12.1 Å². The minimum Gasteiger partial charge on any atom is -0.504 e. The van der Waals surface area contributed by atoms with Gasteiger partial charge in [0, 0.05) is 0 Å². The van der Waals surface area contributed by atoms with Gasteiger partial charge in [-0.05, 0) is 17.7 Å². The summed E-state index contributed by atoms with van der Waals surface area (Å²) in [6, 6.07) is 4.38. The predicted molar refractivity (Wildman–Crippen MR) is 40.3 cm³/mol. The van der Waals surface area contributed by atoms with Gasteiger partial charge in [0.1, 0.15) is 0 Å². The summed E-state index contributed by atoms with van der Waals surface area (Å²) < 4.78 is 4.33. The van der Waals surface area contributed by atoms with Crippen LogP contribution in [0.15, 0.2) is 18.2 Å². The largest absolute Gasteiger partial charge is 0.504 e. The molecule has 0 spiro atoms. The molecule has 0 fully saturated rings. The van der Waals surface area contributed by atoms with Crippen LogP contribution < -0.4 is 0 Å². The van der Waals surface area contributed by atoms with E-state index in [0.29, 0.717) is 5.56 Å². The van der Waals surface area contributed by atoms with Gasteiger partial charge in [0.15, 0.2) is 11.5 Å². The van der Waals surface area contributed by atoms with Crippen molar-refractivity contribution in [3.05, 3.63) is 23.8 Å². The summed E-state index contributed by atoms with van der Waals surface area (Å²) in [5.41, 5.74) is 0.711. The molecule has 2 radical (unpaired) electrons. The second kappa shape index (κ2) is 3.30. The Morgan fingerprint density at radius 3 is 2.55 bits per heavy atom. The van der Waals surface area contributed by atoms with Gasteiger partial charge in [-0.3, -0.25) is 0 Å². The molecule has 0 atom stereocenters. The third-order valence-corrected chi connectivity index (χ3v) is 1.29. The third-order valence-electron chi connectivity index (χ3n) is 1.29. The summed E-state index contributed by atoms with van der Waals surface area (Å²) in [5, 5.41) is 17.9. The Hall–Kier alpha value is -1.16. The van der Waals surface area contributed by atoms with Gasteiger partial charge in [0.05, 0.1) is 6.61 Å². The van der Waals surface area contributed by atoms with Crippen LogP contribution in [0.5, 0.6) is 11.5 Å². The first-order valence-electron chi connectivity index (χ1n) is 3.06. The third kappa shape index (κ3) is 1.88. The first kappa shape index (κ1) is 7.95. The molecule has 0 aliphatic heterocycles. The summed E-state index contributed by atoms with van der Waals surface area (Å²) in [6.45, 7) is 0.216. The normalized spacial score (nSPS) is 9.82. The van der Waals surface area contributed by atoms with Gasteiger partial charge < -0.3 is 14.9 Å². The molecule has 3 nitrogen and oxygen atoms in total. The maximum atomic E-state index is 8.98. The maximum absolute atomic E-state index is 8.98. The monoisotopic (exact) mass is 150 g/mol. The average molecular weight is 150 g/mol. The zero-order valence-corrected chi connectivity index (χ0v) is 5.82. The van der Waals surface area contributed by atoms with Crippen molar-refractivity contribution in [2.75, 3.05) is 0 Å². The zero-order chi connectivity index (χ0) is 8.27. The fourth-order valence-electron chi connectivity index (χ4n) is 0.755. The Labute approximate surface area is 65.7 Å². The molecule has 56 valence electrons. The average Bonchev–Trinajstić information content (AvgIpc) is 1.98. The van der Waals surface area contributed by atoms with Crippen molar-refractivity contribution < 1.29 is 14.9 Å². The first-order valence-corrected chi connectivity index (χ1v) is 3.06. The molecule has 1 aromatic carbocycles. The van der Waals surface area contributed by atoms with Crippen LogP contribution in [-0.2, 0) is 11.3 Å². The lowest BCUT2D eigenvalue weighted by Gasteiger charge is -2.01. The summed E-state index contributed by atoms with van der Waals surface area (Å²) in [5.74, 6) is -0.315. The van der Waals surface area contributed by atoms with Crippen molar-refractivity contribution in [1.82, 2.24) is 0 Å². The molecule has 0 saturated heterocycles. The van der Waals surface area contributed by atoms with Crippen LogP contribution in [0, 0.1) is 0 Å². The fourth-order valence-corrected chi connectivity index (χ4v) is 0.755. The van der Waals surface area contributed by atoms with Crippen LogP contribution in [0.2, 0.25) is 0 Å². The minimum atomic E-state index is -0.167. The number of benzene rings is 1. The van der Waals surface area contributed by atoms with Gasteiger partial charge in [-0.25, -0.2) is 0 Å². The Balaban J connectivity index is 2.86. The van der Waals surface area contributed by atoms with E-state index in [1.54, 1.807) is 6.07 Å². The van der Waals surface area contributed by atoms with Gasteiger partial charge in [-0.15, -0.1) is 0 Å². The van der Waals surface area contributed by atoms with E-state index in [4.69, 9.17) is 18.3 Å². The molecule has 0 amide bonds. The topological polar surface area (TPSA) is 49.7 Å². The van der Waals surface area contributed by atoms with Gasteiger partial charge in [0.2, 0.25) is 0 Å². The number of rotatable bonds is 2. The second-order valence-electron chi connectivity index (χ2n) is 2.13. The highest BCUT2D eigenvalue weighted by molar-refractivity contribution is 5.97. The number of phenols is 2. The van der Waals surface area contributed by atoms with Crippen LogP contribution in [0.25, 0.3) is 0 Å². The van der Waals surface area contributed by atoms with Crippen LogP contribution in [-0.4, -0.2) is 18.3 Å². The molecule has 0 heterocycles. The first-order chi connectivity index (χ1) is 5.24. The molecule has 0 aliphatic rings. The van der Waals surface area contributed by atoms with Crippen molar-refractivity contribution in [2.24, 2.45) is 0 Å². The molecule has 4 heteroatoms. The molecular formula is C7H7BO3. The second-order valence-corrected chi connectivity index (χ2v) is 2.13. The molecule has 11 heavy (non-hydrogen) atoms. The maximum Gasteiger partial charge on any atom is 0.283 e. The molecule has 1 aromatic rings. The Morgan fingerprint density at radius 2 is 2.00 bits per heavy atom. The van der Waals surface area contributed by atoms with Crippen molar-refractivity contribution >= 4 is 8.05 Å². The zero-order valence-electron chi connectivity index (χ0n) is 5.82. The Morgan fingerprint density at radius 1 is 1.27 bits per heavy atom. The summed E-state index contributed by atoms with van der Waals surface area (Å²) in [6.07, 6.45) is 0. The number of hydrogen-bond donors (Lipinski definition) is 2. The minimum absolute atomic E-state index is 0.147. The van der Waals surface area contributed by atoms with E-state index in [-0.39, 0.29) is 18.1 Å². The molecule has 0 unspecified atom stereocenters. The SMILES string of the molecule is [B]OCc1ccc(O)c(O)c1. The van der Waals surface area contributed by atoms with Crippen LogP contribution in [0.1, 0.15) is 5.56 Å². The quantitative estimate of drug-likeness (QED) is 0.481. The van der Waals surface area contributed by atoms with Gasteiger partial charge in [-0.2, -0.15) is 0 Å². The predicted octanol–water partition coefficient (Wildman–Crippen LogP) is 0.698. The standard InChI is InChI=1S/C7H7BO3/c8-11-4-5-1-2-6(9)7(10)3-5/h1-3,9-10H,4H2. The molecule has 0 saturated carbocycles. The Bertz CT molecular complexity index is 249. The van der Waals surface area contributed by atoms with Gasteiger partial charge >= 0.3 is 0 Å². The lowest BCUT2D eigenvalue weighted by atomic mass is 10.2. The summed E-state index contributed by atoms with van der Waals surface area (Å²) in [4.78, 5) is 0. The summed E-state index contributed by atoms with van der Waals surface area (Å²) >= 11 is 0. The molecule has 2 N–H and O–H groups in total. The highest BCUT2D eigenvalue weighted by Gasteiger charge is 1.98. The van der Waals surface area contributed by atoms with E-state index in [9.17, 15) is 0 Å². The van der Waals surface area contributed by atoms with Gasteiger partial charge in [0.25, 0.3) is 8.05 Å². The van der Waals surface area contributed by atoms with E-state index in [1.807, 2.05) is 0 Å². The van der Waals surface area contributed by atoms with Crippen LogP contribution >= 0.6 is 0 Å². The van der Waals surface area contributed by atoms with E-state index >= 15 is 0 Å². The van der Waals surface area contributed by atoms with Crippen LogP contribution in [0.4, 0.5) is 0 Å². The van der Waals surface area contributed by atoms with E-state index in [0.717, 1.165) is 0 Å². The van der Waals surface area contributed by atoms with E-state index in [2.05, 4.69) is 4.65 Å². The smallest absolute Gasteiger partial charge is 0.283 e. The number of aromatic hydroxyl groups is 2. The molecule has 0 bridgehead atoms. The van der Waals surface area contributed by atoms with Crippen LogP contribution in [0.3, 0.4) is 0 Å². The van der Waals surface area contributed by atoms with Gasteiger partial charge in [-0.1, -0.05) is 6.07 Å². The molecule has 0 aromatic heterocycles. The van der Waals surface area contributed by atoms with E-state index < -0.39 is 0 Å². The lowest BCUT2D eigenvalue weighted by molar-refractivity contribution is 0.336. The Kier molecular flexibility index (Phi) is 2.38. The van der Waals surface area contributed by atoms with Crippen molar-refractivity contribution in [3.8, 4) is 11.5 Å². The highest BCUT2D eigenvalue weighted by atomic mass is 16.4. The molecular weight excluding hydrogens is 143 g/mol. The lowest BCUT2D eigenvalue weighted by Crippen LogP contribution is -1.87. The van der Waals surface area contributed by atoms with Crippen molar-refractivity contribution in [1.29, 1.82) is 0 Å².